The number of aromatic nitrogens is 1. The Morgan fingerprint density at radius 2 is 2.15 bits per heavy atom. The normalized spacial score (nSPS) is 13.9. The second-order valence-electron chi connectivity index (χ2n) is 6.68. The van der Waals surface area contributed by atoms with E-state index in [-0.39, 0.29) is 11.7 Å². The zero-order valence-electron chi connectivity index (χ0n) is 15.5. The van der Waals surface area contributed by atoms with Crippen molar-refractivity contribution in [3.8, 4) is 0 Å². The Morgan fingerprint density at radius 3 is 2.89 bits per heavy atom. The van der Waals surface area contributed by atoms with Gasteiger partial charge in [-0.05, 0) is 68.0 Å². The van der Waals surface area contributed by atoms with Crippen molar-refractivity contribution in [3.63, 3.8) is 0 Å². The van der Waals surface area contributed by atoms with E-state index >= 15 is 0 Å². The summed E-state index contributed by atoms with van der Waals surface area (Å²) >= 11 is 0. The number of nitrogens with zero attached hydrogens (tertiary/aromatic N) is 2. The molecule has 0 atom stereocenters. The number of anilines is 2. The summed E-state index contributed by atoms with van der Waals surface area (Å²) in [5.74, 6) is 0.0506. The number of hydrogen-bond acceptors (Lipinski definition) is 4. The topological polar surface area (TPSA) is 79.4 Å². The van der Waals surface area contributed by atoms with E-state index in [2.05, 4.69) is 10.3 Å². The van der Waals surface area contributed by atoms with E-state index in [1.54, 1.807) is 25.3 Å². The van der Waals surface area contributed by atoms with Crippen molar-refractivity contribution in [2.75, 3.05) is 21.9 Å². The van der Waals surface area contributed by atoms with Crippen molar-refractivity contribution in [1.29, 1.82) is 0 Å². The van der Waals surface area contributed by atoms with Gasteiger partial charge in [0.05, 0.1) is 11.4 Å². The average Bonchev–Trinajstić information content (AvgIpc) is 2.68. The molecule has 0 unspecified atom stereocenters. The second-order valence-corrected chi connectivity index (χ2v) is 8.86. The van der Waals surface area contributed by atoms with Gasteiger partial charge in [-0.2, -0.15) is 0 Å². The molecule has 1 aromatic carbocycles. The Balaban J connectivity index is 1.61. The van der Waals surface area contributed by atoms with Crippen LogP contribution in [0.2, 0.25) is 0 Å². The van der Waals surface area contributed by atoms with Crippen LogP contribution in [0.1, 0.15) is 37.3 Å². The third kappa shape index (κ3) is 4.86. The zero-order chi connectivity index (χ0) is 19.3. The minimum atomic E-state index is -3.27. The highest BCUT2D eigenvalue weighted by molar-refractivity contribution is 7.92. The van der Waals surface area contributed by atoms with Gasteiger partial charge in [0.15, 0.2) is 0 Å². The number of sulfonamides is 1. The van der Waals surface area contributed by atoms with Crippen LogP contribution in [0.15, 0.2) is 42.7 Å². The minimum Gasteiger partial charge on any atom is -0.326 e. The van der Waals surface area contributed by atoms with Crippen LogP contribution in [-0.4, -0.2) is 31.6 Å². The lowest BCUT2D eigenvalue weighted by atomic mass is 10.0. The van der Waals surface area contributed by atoms with E-state index in [9.17, 15) is 13.2 Å². The van der Waals surface area contributed by atoms with Crippen molar-refractivity contribution in [3.05, 3.63) is 53.9 Å². The molecule has 7 heteroatoms. The summed E-state index contributed by atoms with van der Waals surface area (Å²) in [5, 5.41) is 2.92. The van der Waals surface area contributed by atoms with Crippen LogP contribution >= 0.6 is 0 Å². The summed E-state index contributed by atoms with van der Waals surface area (Å²) < 4.78 is 26.0. The van der Waals surface area contributed by atoms with Crippen LogP contribution in [0, 0.1) is 0 Å². The maximum absolute atomic E-state index is 12.3. The van der Waals surface area contributed by atoms with Crippen LogP contribution in [0.3, 0.4) is 0 Å². The SMILES string of the molecule is CCS(=O)(=O)N1CCCc2cc(NC(=O)CCCc3cccnc3)ccc21. The lowest BCUT2D eigenvalue weighted by Gasteiger charge is -2.30. The quantitative estimate of drug-likeness (QED) is 0.791. The number of nitrogens with one attached hydrogen (secondary N) is 1. The minimum absolute atomic E-state index is 0.0346. The van der Waals surface area contributed by atoms with Crippen LogP contribution in [0.5, 0.6) is 0 Å². The molecule has 0 fully saturated rings. The Labute approximate surface area is 160 Å². The molecule has 1 aliphatic rings. The molecule has 3 rings (SSSR count). The maximum Gasteiger partial charge on any atom is 0.234 e. The molecule has 0 aliphatic carbocycles. The lowest BCUT2D eigenvalue weighted by molar-refractivity contribution is -0.116. The summed E-state index contributed by atoms with van der Waals surface area (Å²) in [6.45, 7) is 2.17. The Hall–Kier alpha value is -2.41. The van der Waals surface area contributed by atoms with Crippen LogP contribution in [0.25, 0.3) is 0 Å². The maximum atomic E-state index is 12.3. The van der Waals surface area contributed by atoms with Gasteiger partial charge in [-0.15, -0.1) is 0 Å². The first-order chi connectivity index (χ1) is 13.0. The summed E-state index contributed by atoms with van der Waals surface area (Å²) in [6.07, 6.45) is 7.16. The number of fused-ring (bicyclic) bond motifs is 1. The molecule has 2 aromatic rings. The number of benzene rings is 1. The smallest absolute Gasteiger partial charge is 0.234 e. The van der Waals surface area contributed by atoms with Gasteiger partial charge in [-0.25, -0.2) is 8.42 Å². The average molecular weight is 388 g/mol. The molecule has 6 nitrogen and oxygen atoms in total. The van der Waals surface area contributed by atoms with Gasteiger partial charge in [0.25, 0.3) is 0 Å². The van der Waals surface area contributed by atoms with Crippen LogP contribution < -0.4 is 9.62 Å². The van der Waals surface area contributed by atoms with Crippen molar-refractivity contribution in [1.82, 2.24) is 4.98 Å². The summed E-state index contributed by atoms with van der Waals surface area (Å²) in [6, 6.07) is 9.37. The molecule has 0 saturated heterocycles. The predicted octanol–water partition coefficient (Wildman–Crippen LogP) is 3.15. The molecule has 1 amide bonds. The summed E-state index contributed by atoms with van der Waals surface area (Å²) in [7, 11) is -3.27. The van der Waals surface area contributed by atoms with Crippen molar-refractivity contribution >= 4 is 27.3 Å². The highest BCUT2D eigenvalue weighted by Gasteiger charge is 2.26. The Morgan fingerprint density at radius 1 is 1.30 bits per heavy atom. The summed E-state index contributed by atoms with van der Waals surface area (Å²) in [5.41, 5.74) is 3.54. The lowest BCUT2D eigenvalue weighted by Crippen LogP contribution is -2.36. The number of amides is 1. The van der Waals surface area contributed by atoms with E-state index in [0.717, 1.165) is 48.2 Å². The molecule has 0 bridgehead atoms. The van der Waals surface area contributed by atoms with E-state index in [0.29, 0.717) is 13.0 Å². The molecule has 1 aromatic heterocycles. The third-order valence-corrected chi connectivity index (χ3v) is 6.51. The number of aryl methyl sites for hydroxylation is 2. The van der Waals surface area contributed by atoms with E-state index in [4.69, 9.17) is 0 Å². The monoisotopic (exact) mass is 387 g/mol. The van der Waals surface area contributed by atoms with Crippen LogP contribution in [-0.2, 0) is 27.7 Å². The molecule has 2 heterocycles. The Kier molecular flexibility index (Phi) is 6.11. The first kappa shape index (κ1) is 19.4. The first-order valence-corrected chi connectivity index (χ1v) is 10.9. The first-order valence-electron chi connectivity index (χ1n) is 9.31. The van der Waals surface area contributed by atoms with Gasteiger partial charge in [0.1, 0.15) is 0 Å². The van der Waals surface area contributed by atoms with Gasteiger partial charge in [0, 0.05) is 31.0 Å². The largest absolute Gasteiger partial charge is 0.326 e. The molecule has 0 saturated carbocycles. The molecule has 0 radical (unpaired) electrons. The van der Waals surface area contributed by atoms with Gasteiger partial charge in [-0.1, -0.05) is 6.07 Å². The van der Waals surface area contributed by atoms with Gasteiger partial charge >= 0.3 is 0 Å². The van der Waals surface area contributed by atoms with Crippen molar-refractivity contribution in [2.24, 2.45) is 0 Å². The molecular formula is C20H25N3O3S. The molecule has 144 valence electrons. The fourth-order valence-electron chi connectivity index (χ4n) is 3.31. The third-order valence-electron chi connectivity index (χ3n) is 4.73. The molecule has 1 aliphatic heterocycles. The number of rotatable bonds is 7. The summed E-state index contributed by atoms with van der Waals surface area (Å²) in [4.78, 5) is 16.3. The second kappa shape index (κ2) is 8.52. The number of carbonyl (C=O) groups excluding carboxylic acids is 1. The number of pyridine rings is 1. The molecular weight excluding hydrogens is 362 g/mol. The van der Waals surface area contributed by atoms with Gasteiger partial charge < -0.3 is 5.32 Å². The van der Waals surface area contributed by atoms with E-state index < -0.39 is 10.0 Å². The van der Waals surface area contributed by atoms with Gasteiger partial charge in [-0.3, -0.25) is 14.1 Å². The Bertz CT molecular complexity index is 898. The van der Waals surface area contributed by atoms with E-state index in [1.807, 2.05) is 24.4 Å². The van der Waals surface area contributed by atoms with Gasteiger partial charge in [0.2, 0.25) is 15.9 Å². The van der Waals surface area contributed by atoms with Crippen molar-refractivity contribution in [2.45, 2.75) is 39.0 Å². The van der Waals surface area contributed by atoms with Crippen molar-refractivity contribution < 1.29 is 13.2 Å². The van der Waals surface area contributed by atoms with Crippen LogP contribution in [0.4, 0.5) is 11.4 Å². The number of carbonyl (C=O) groups is 1. The standard InChI is InChI=1S/C20H25N3O3S/c1-2-27(25,26)23-13-5-8-17-14-18(10-11-19(17)23)22-20(24)9-3-6-16-7-4-12-21-15-16/h4,7,10-12,14-15H,2-3,5-6,8-9,13H2,1H3,(H,22,24). The fourth-order valence-corrected chi connectivity index (χ4v) is 4.50. The molecule has 27 heavy (non-hydrogen) atoms. The molecule has 1 N–H and O–H groups in total. The predicted molar refractivity (Wildman–Crippen MR) is 107 cm³/mol. The van der Waals surface area contributed by atoms with E-state index in [1.165, 1.54) is 4.31 Å². The molecule has 0 spiro atoms. The zero-order valence-corrected chi connectivity index (χ0v) is 16.3. The highest BCUT2D eigenvalue weighted by atomic mass is 32.2. The number of hydrogen-bond donors (Lipinski definition) is 1. The fraction of sp³-hybridized carbons (Fsp3) is 0.400. The highest BCUT2D eigenvalue weighted by Crippen LogP contribution is 2.31.